The molecule has 4 N–H and O–H groups in total. The predicted molar refractivity (Wildman–Crippen MR) is 138 cm³/mol. The minimum Gasteiger partial charge on any atom is -0.475 e. The molecule has 0 fully saturated rings. The Morgan fingerprint density at radius 3 is 2.97 bits per heavy atom. The molecule has 188 valence electrons. The highest BCUT2D eigenvalue weighted by Gasteiger charge is 2.32. The number of rotatable bonds is 12. The lowest BCUT2D eigenvalue weighted by Gasteiger charge is -2.36. The van der Waals surface area contributed by atoms with Gasteiger partial charge in [-0.25, -0.2) is 4.79 Å². The van der Waals surface area contributed by atoms with Crippen molar-refractivity contribution >= 4 is 34.2 Å². The molecule has 0 saturated heterocycles. The van der Waals surface area contributed by atoms with E-state index in [4.69, 9.17) is 9.47 Å². The number of carbonyl (C=O) groups excluding carboxylic acids is 1. The van der Waals surface area contributed by atoms with Crippen LogP contribution >= 0.6 is 11.7 Å². The molecule has 0 amide bonds. The van der Waals surface area contributed by atoms with Crippen LogP contribution in [0.4, 0.5) is 0 Å². The SMILES string of the molecule is CCCCCCOc1nsnc1C1=CCC[N+](C)(COC(=O)[C@@H]([NH3+])Cc2c[nH]c3ccccc23)C1. The number of unbranched alkanes of at least 4 members (excludes halogenated alkanes) is 3. The molecule has 9 heteroatoms. The summed E-state index contributed by atoms with van der Waals surface area (Å²) in [7, 11) is 2.11. The standard InChI is InChI=1S/C26H36N5O3S/c1-3-4-5-8-14-33-25-24(29-35-30-25)19-10-9-13-31(2,17-19)18-34-26(32)22(27)15-20-16-28-23-12-7-6-11-21(20)23/h6-7,10-12,16,22,28H,3-5,8-9,13-15,17-18,27H2,1-2H3/q+1/p+1/t22-,31?/m0/s1. The van der Waals surface area contributed by atoms with E-state index < -0.39 is 6.04 Å². The smallest absolute Gasteiger partial charge is 0.369 e. The van der Waals surface area contributed by atoms with E-state index in [0.29, 0.717) is 30.1 Å². The van der Waals surface area contributed by atoms with Gasteiger partial charge in [0.15, 0.2) is 6.04 Å². The summed E-state index contributed by atoms with van der Waals surface area (Å²) < 4.78 is 21.2. The maximum atomic E-state index is 12.8. The zero-order valence-corrected chi connectivity index (χ0v) is 21.6. The van der Waals surface area contributed by atoms with E-state index in [-0.39, 0.29) is 5.97 Å². The zero-order valence-electron chi connectivity index (χ0n) is 20.8. The van der Waals surface area contributed by atoms with Gasteiger partial charge in [-0.15, -0.1) is 4.37 Å². The summed E-state index contributed by atoms with van der Waals surface area (Å²) >= 11 is 1.18. The van der Waals surface area contributed by atoms with E-state index in [1.807, 2.05) is 24.4 Å². The van der Waals surface area contributed by atoms with Gasteiger partial charge in [-0.1, -0.05) is 50.5 Å². The fourth-order valence-electron chi connectivity index (χ4n) is 4.54. The van der Waals surface area contributed by atoms with Crippen molar-refractivity contribution in [3.05, 3.63) is 47.8 Å². The highest BCUT2D eigenvalue weighted by atomic mass is 32.1. The van der Waals surface area contributed by atoms with Crippen molar-refractivity contribution in [3.63, 3.8) is 0 Å². The summed E-state index contributed by atoms with van der Waals surface area (Å²) in [5.74, 6) is 0.358. The Hall–Kier alpha value is -2.75. The van der Waals surface area contributed by atoms with E-state index in [0.717, 1.165) is 53.7 Å². The van der Waals surface area contributed by atoms with Crippen molar-refractivity contribution in [2.75, 3.05) is 33.5 Å². The number of para-hydroxylation sites is 1. The van der Waals surface area contributed by atoms with Gasteiger partial charge >= 0.3 is 5.97 Å². The number of likely N-dealkylation sites (N-methyl/N-ethyl adjacent to an activating group) is 1. The van der Waals surface area contributed by atoms with Crippen LogP contribution in [-0.2, 0) is 16.0 Å². The molecule has 1 aliphatic heterocycles. The average Bonchev–Trinajstić information content (AvgIpc) is 3.50. The number of H-pyrrole nitrogens is 1. The molecule has 1 aromatic carbocycles. The molecular weight excluding hydrogens is 462 g/mol. The molecule has 3 heterocycles. The van der Waals surface area contributed by atoms with E-state index in [2.05, 4.69) is 45.6 Å². The molecule has 0 spiro atoms. The molecule has 8 nitrogen and oxygen atoms in total. The fraction of sp³-hybridized carbons (Fsp3) is 0.500. The van der Waals surface area contributed by atoms with E-state index in [1.54, 1.807) is 0 Å². The number of quaternary nitrogens is 2. The number of benzene rings is 1. The Kier molecular flexibility index (Phi) is 8.54. The second-order valence-corrected chi connectivity index (χ2v) is 10.2. The van der Waals surface area contributed by atoms with Crippen LogP contribution in [0, 0.1) is 0 Å². The minimum absolute atomic E-state index is 0.267. The monoisotopic (exact) mass is 499 g/mol. The molecule has 0 bridgehead atoms. The van der Waals surface area contributed by atoms with Crippen LogP contribution in [0.15, 0.2) is 36.5 Å². The lowest BCUT2D eigenvalue weighted by atomic mass is 10.1. The number of aromatic amines is 1. The van der Waals surface area contributed by atoms with E-state index in [9.17, 15) is 4.79 Å². The lowest BCUT2D eigenvalue weighted by molar-refractivity contribution is -0.919. The van der Waals surface area contributed by atoms with Crippen molar-refractivity contribution in [1.29, 1.82) is 0 Å². The van der Waals surface area contributed by atoms with Gasteiger partial charge in [0.2, 0.25) is 6.73 Å². The summed E-state index contributed by atoms with van der Waals surface area (Å²) in [6.07, 6.45) is 10.2. The van der Waals surface area contributed by atoms with Crippen LogP contribution in [0.3, 0.4) is 0 Å². The third-order valence-electron chi connectivity index (χ3n) is 6.60. The van der Waals surface area contributed by atoms with Gasteiger partial charge in [0.1, 0.15) is 12.2 Å². The number of ether oxygens (including phenoxy) is 2. The normalized spacial score (nSPS) is 18.9. The van der Waals surface area contributed by atoms with Gasteiger partial charge in [-0.05, 0) is 18.1 Å². The quantitative estimate of drug-likeness (QED) is 0.225. The largest absolute Gasteiger partial charge is 0.475 e. The number of hydrogen-bond acceptors (Lipinski definition) is 6. The van der Waals surface area contributed by atoms with Crippen LogP contribution in [0.2, 0.25) is 0 Å². The van der Waals surface area contributed by atoms with E-state index >= 15 is 0 Å². The van der Waals surface area contributed by atoms with Crippen molar-refractivity contribution in [2.45, 2.75) is 51.5 Å². The van der Waals surface area contributed by atoms with Crippen molar-refractivity contribution < 1.29 is 24.5 Å². The molecule has 35 heavy (non-hydrogen) atoms. The molecule has 1 aliphatic rings. The highest BCUT2D eigenvalue weighted by Crippen LogP contribution is 2.30. The number of esters is 1. The first kappa shape index (κ1) is 25.3. The Bertz CT molecular complexity index is 1160. The predicted octanol–water partition coefficient (Wildman–Crippen LogP) is 3.57. The van der Waals surface area contributed by atoms with Crippen molar-refractivity contribution in [1.82, 2.24) is 13.7 Å². The van der Waals surface area contributed by atoms with Crippen LogP contribution in [0.1, 0.15) is 50.3 Å². The zero-order chi connectivity index (χ0) is 24.7. The first-order valence-corrected chi connectivity index (χ1v) is 13.2. The second kappa shape index (κ2) is 11.8. The van der Waals surface area contributed by atoms with Crippen molar-refractivity contribution in [3.8, 4) is 5.88 Å². The summed E-state index contributed by atoms with van der Waals surface area (Å²) in [6.45, 7) is 4.78. The summed E-state index contributed by atoms with van der Waals surface area (Å²) in [5.41, 5.74) is 8.16. The molecule has 0 aliphatic carbocycles. The molecule has 0 saturated carbocycles. The number of nitrogens with zero attached hydrogens (tertiary/aromatic N) is 3. The maximum absolute atomic E-state index is 12.8. The molecular formula is C26H37N5O3S+2. The topological polar surface area (TPSA) is 105 Å². The molecule has 4 rings (SSSR count). The number of fused-ring (bicyclic) bond motifs is 1. The Morgan fingerprint density at radius 2 is 2.11 bits per heavy atom. The number of carbonyl (C=O) groups is 1. The number of aromatic nitrogens is 3. The Labute approximate surface area is 211 Å². The Balaban J connectivity index is 1.30. The second-order valence-electron chi connectivity index (χ2n) is 9.70. The van der Waals surface area contributed by atoms with Crippen LogP contribution in [0.5, 0.6) is 5.88 Å². The van der Waals surface area contributed by atoms with E-state index in [1.165, 1.54) is 31.0 Å². The van der Waals surface area contributed by atoms with Crippen LogP contribution in [-0.4, -0.2) is 63.7 Å². The molecule has 3 aromatic rings. The summed E-state index contributed by atoms with van der Waals surface area (Å²) in [5, 5.41) is 1.12. The Morgan fingerprint density at radius 1 is 1.26 bits per heavy atom. The van der Waals surface area contributed by atoms with Gasteiger partial charge in [0.05, 0.1) is 31.9 Å². The number of nitrogens with one attached hydrogen (secondary N) is 1. The van der Waals surface area contributed by atoms with Crippen LogP contribution < -0.4 is 10.5 Å². The van der Waals surface area contributed by atoms with Gasteiger partial charge in [-0.2, -0.15) is 4.37 Å². The van der Waals surface area contributed by atoms with Gasteiger partial charge in [0, 0.05) is 35.5 Å². The van der Waals surface area contributed by atoms with Gasteiger partial charge in [0.25, 0.3) is 5.88 Å². The number of hydrogen-bond donors (Lipinski definition) is 2. The van der Waals surface area contributed by atoms with Crippen LogP contribution in [0.25, 0.3) is 16.5 Å². The molecule has 2 aromatic heterocycles. The van der Waals surface area contributed by atoms with Crippen molar-refractivity contribution in [2.24, 2.45) is 0 Å². The first-order chi connectivity index (χ1) is 17.0. The summed E-state index contributed by atoms with van der Waals surface area (Å²) in [4.78, 5) is 16.0. The fourth-order valence-corrected chi connectivity index (χ4v) is 5.07. The highest BCUT2D eigenvalue weighted by molar-refractivity contribution is 6.99. The third-order valence-corrected chi connectivity index (χ3v) is 7.12. The molecule has 1 unspecified atom stereocenters. The summed E-state index contributed by atoms with van der Waals surface area (Å²) in [6, 6.07) is 7.63. The first-order valence-electron chi connectivity index (χ1n) is 12.5. The average molecular weight is 500 g/mol. The lowest BCUT2D eigenvalue weighted by Crippen LogP contribution is -2.67. The molecule has 0 radical (unpaired) electrons. The van der Waals surface area contributed by atoms with Gasteiger partial charge in [-0.3, -0.25) is 4.48 Å². The maximum Gasteiger partial charge on any atom is 0.369 e. The van der Waals surface area contributed by atoms with Gasteiger partial charge < -0.3 is 20.2 Å². The minimum atomic E-state index is -0.462. The third kappa shape index (κ3) is 6.48. The molecule has 2 atom stereocenters.